The van der Waals surface area contributed by atoms with Gasteiger partial charge in [0.1, 0.15) is 11.6 Å². The molecule has 3 rings (SSSR count). The Kier molecular flexibility index (Phi) is 4.86. The molecule has 0 unspecified atom stereocenters. The standard InChI is InChI=1S/C19H25BrFNO3Si/c1-19(2,3)26(4,5)25-10-13-17(20)14(21)8-12-15(23)9-16(24)22(18(12)13)11-6-7-11/h8-9,11,23H,6-7,10H2,1-5H3. The first-order valence-corrected chi connectivity index (χ1v) is 12.5. The van der Waals surface area contributed by atoms with Gasteiger partial charge < -0.3 is 14.1 Å². The third kappa shape index (κ3) is 3.36. The van der Waals surface area contributed by atoms with Crippen LogP contribution < -0.4 is 5.56 Å². The molecular formula is C19H25BrFNO3Si. The second-order valence-corrected chi connectivity index (χ2v) is 14.2. The number of rotatable bonds is 4. The maximum absolute atomic E-state index is 14.5. The number of pyridine rings is 1. The van der Waals surface area contributed by atoms with Crippen LogP contribution in [-0.4, -0.2) is 18.0 Å². The number of hydrogen-bond donors (Lipinski definition) is 1. The summed E-state index contributed by atoms with van der Waals surface area (Å²) in [5.41, 5.74) is 0.902. The molecule has 0 atom stereocenters. The van der Waals surface area contributed by atoms with Crippen molar-refractivity contribution >= 4 is 35.2 Å². The van der Waals surface area contributed by atoms with Gasteiger partial charge in [0.05, 0.1) is 16.6 Å². The summed E-state index contributed by atoms with van der Waals surface area (Å²) in [5, 5.41) is 10.6. The summed E-state index contributed by atoms with van der Waals surface area (Å²) >= 11 is 3.34. The molecule has 1 aliphatic carbocycles. The largest absolute Gasteiger partial charge is 0.507 e. The van der Waals surface area contributed by atoms with Crippen LogP contribution in [0.3, 0.4) is 0 Å². The highest BCUT2D eigenvalue weighted by molar-refractivity contribution is 9.10. The lowest BCUT2D eigenvalue weighted by Gasteiger charge is -2.36. The molecule has 0 aliphatic heterocycles. The van der Waals surface area contributed by atoms with E-state index in [9.17, 15) is 14.3 Å². The molecule has 1 saturated carbocycles. The molecule has 1 aliphatic rings. The van der Waals surface area contributed by atoms with Crippen LogP contribution >= 0.6 is 15.9 Å². The first kappa shape index (κ1) is 19.6. The Morgan fingerprint density at radius 1 is 1.35 bits per heavy atom. The lowest BCUT2D eigenvalue weighted by Crippen LogP contribution is -2.40. The molecule has 0 bridgehead atoms. The summed E-state index contributed by atoms with van der Waals surface area (Å²) in [6.45, 7) is 10.9. The van der Waals surface area contributed by atoms with E-state index in [2.05, 4.69) is 49.8 Å². The predicted molar refractivity (Wildman–Crippen MR) is 108 cm³/mol. The Hall–Kier alpha value is -1.18. The molecule has 0 amide bonds. The van der Waals surface area contributed by atoms with Crippen molar-refractivity contribution in [1.29, 1.82) is 0 Å². The number of hydrogen-bond acceptors (Lipinski definition) is 3. The highest BCUT2D eigenvalue weighted by Crippen LogP contribution is 2.42. The molecule has 1 aromatic carbocycles. The molecular weight excluding hydrogens is 417 g/mol. The topological polar surface area (TPSA) is 51.5 Å². The maximum Gasteiger partial charge on any atom is 0.255 e. The van der Waals surface area contributed by atoms with E-state index in [1.54, 1.807) is 4.57 Å². The summed E-state index contributed by atoms with van der Waals surface area (Å²) in [6, 6.07) is 2.56. The summed E-state index contributed by atoms with van der Waals surface area (Å²) in [7, 11) is -2.06. The van der Waals surface area contributed by atoms with Crippen LogP contribution in [-0.2, 0) is 11.0 Å². The Morgan fingerprint density at radius 3 is 2.50 bits per heavy atom. The van der Waals surface area contributed by atoms with Crippen LogP contribution in [0.4, 0.5) is 4.39 Å². The van der Waals surface area contributed by atoms with Crippen molar-refractivity contribution in [3.63, 3.8) is 0 Å². The number of halogens is 2. The van der Waals surface area contributed by atoms with E-state index in [0.29, 0.717) is 20.9 Å². The fourth-order valence-electron chi connectivity index (χ4n) is 2.81. The van der Waals surface area contributed by atoms with Gasteiger partial charge in [0.25, 0.3) is 5.56 Å². The lowest BCUT2D eigenvalue weighted by molar-refractivity contribution is 0.276. The van der Waals surface area contributed by atoms with Gasteiger partial charge in [-0.05, 0) is 53.0 Å². The van der Waals surface area contributed by atoms with E-state index < -0.39 is 14.1 Å². The zero-order valence-electron chi connectivity index (χ0n) is 15.8. The Bertz CT molecular complexity index is 929. The summed E-state index contributed by atoms with van der Waals surface area (Å²) in [4.78, 5) is 12.5. The molecule has 1 heterocycles. The molecule has 142 valence electrons. The minimum Gasteiger partial charge on any atom is -0.507 e. The maximum atomic E-state index is 14.5. The minimum absolute atomic E-state index is 0.0148. The summed E-state index contributed by atoms with van der Waals surface area (Å²) in [6.07, 6.45) is 1.83. The van der Waals surface area contributed by atoms with E-state index in [-0.39, 0.29) is 29.0 Å². The molecule has 0 spiro atoms. The zero-order chi connectivity index (χ0) is 19.4. The van der Waals surface area contributed by atoms with Crippen molar-refractivity contribution in [2.24, 2.45) is 0 Å². The van der Waals surface area contributed by atoms with Gasteiger partial charge in [-0.3, -0.25) is 4.79 Å². The van der Waals surface area contributed by atoms with Crippen LogP contribution in [0.1, 0.15) is 45.2 Å². The van der Waals surface area contributed by atoms with E-state index in [0.717, 1.165) is 12.8 Å². The lowest BCUT2D eigenvalue weighted by atomic mass is 10.1. The second-order valence-electron chi connectivity index (χ2n) is 8.57. The summed E-state index contributed by atoms with van der Waals surface area (Å²) < 4.78 is 22.8. The average Bonchev–Trinajstić information content (AvgIpc) is 3.32. The molecule has 2 aromatic rings. The Labute approximate surface area is 162 Å². The van der Waals surface area contributed by atoms with E-state index in [1.807, 2.05) is 0 Å². The van der Waals surface area contributed by atoms with Gasteiger partial charge in [0, 0.05) is 23.1 Å². The SMILES string of the molecule is CC(C)(C)[Si](C)(C)OCc1c(Br)c(F)cc2c(O)cc(=O)n(C3CC3)c12. The average molecular weight is 442 g/mol. The van der Waals surface area contributed by atoms with Gasteiger partial charge in [-0.2, -0.15) is 0 Å². The van der Waals surface area contributed by atoms with Crippen molar-refractivity contribution in [3.05, 3.63) is 38.3 Å². The van der Waals surface area contributed by atoms with Gasteiger partial charge in [-0.1, -0.05) is 20.8 Å². The van der Waals surface area contributed by atoms with Crippen molar-refractivity contribution in [1.82, 2.24) is 4.57 Å². The van der Waals surface area contributed by atoms with Crippen molar-refractivity contribution < 1.29 is 13.9 Å². The number of nitrogens with zero attached hydrogens (tertiary/aromatic N) is 1. The van der Waals surface area contributed by atoms with Gasteiger partial charge in [-0.15, -0.1) is 0 Å². The van der Waals surface area contributed by atoms with E-state index in [4.69, 9.17) is 4.43 Å². The van der Waals surface area contributed by atoms with Gasteiger partial charge >= 0.3 is 0 Å². The zero-order valence-corrected chi connectivity index (χ0v) is 18.4. The number of aromatic nitrogens is 1. The van der Waals surface area contributed by atoms with Crippen LogP contribution in [0.15, 0.2) is 21.4 Å². The highest BCUT2D eigenvalue weighted by atomic mass is 79.9. The Balaban J connectivity index is 2.20. The molecule has 4 nitrogen and oxygen atoms in total. The molecule has 1 fully saturated rings. The first-order valence-electron chi connectivity index (χ1n) is 8.83. The van der Waals surface area contributed by atoms with Crippen LogP contribution in [0.2, 0.25) is 18.1 Å². The predicted octanol–water partition coefficient (Wildman–Crippen LogP) is 5.47. The third-order valence-corrected chi connectivity index (χ3v) is 10.9. The fraction of sp³-hybridized carbons (Fsp3) is 0.526. The fourth-order valence-corrected chi connectivity index (χ4v) is 4.16. The molecule has 1 N–H and O–H groups in total. The number of aromatic hydroxyl groups is 1. The minimum atomic E-state index is -2.06. The number of benzene rings is 1. The van der Waals surface area contributed by atoms with Crippen LogP contribution in [0.5, 0.6) is 5.75 Å². The molecule has 7 heteroatoms. The first-order chi connectivity index (χ1) is 11.9. The molecule has 0 saturated heterocycles. The van der Waals surface area contributed by atoms with E-state index >= 15 is 0 Å². The van der Waals surface area contributed by atoms with Crippen molar-refractivity contribution in [2.75, 3.05) is 0 Å². The highest BCUT2D eigenvalue weighted by Gasteiger charge is 2.38. The van der Waals surface area contributed by atoms with Crippen LogP contribution in [0.25, 0.3) is 10.9 Å². The molecule has 1 aromatic heterocycles. The third-order valence-electron chi connectivity index (χ3n) is 5.60. The monoisotopic (exact) mass is 441 g/mol. The second kappa shape index (κ2) is 6.46. The smallest absolute Gasteiger partial charge is 0.255 e. The Morgan fingerprint density at radius 2 is 1.96 bits per heavy atom. The van der Waals surface area contributed by atoms with Gasteiger partial charge in [0.2, 0.25) is 0 Å². The van der Waals surface area contributed by atoms with Crippen LogP contribution in [0, 0.1) is 5.82 Å². The van der Waals surface area contributed by atoms with E-state index in [1.165, 1.54) is 12.1 Å². The molecule has 26 heavy (non-hydrogen) atoms. The van der Waals surface area contributed by atoms with Gasteiger partial charge in [0.15, 0.2) is 8.32 Å². The summed E-state index contributed by atoms with van der Waals surface area (Å²) in [5.74, 6) is -0.662. The van der Waals surface area contributed by atoms with Crippen molar-refractivity contribution in [2.45, 2.75) is 64.4 Å². The van der Waals surface area contributed by atoms with Crippen molar-refractivity contribution in [3.8, 4) is 5.75 Å². The van der Waals surface area contributed by atoms with Gasteiger partial charge in [-0.25, -0.2) is 4.39 Å². The normalized spacial score (nSPS) is 15.7. The number of fused-ring (bicyclic) bond motifs is 1. The molecule has 0 radical (unpaired) electrons. The quantitative estimate of drug-likeness (QED) is 0.640.